The summed E-state index contributed by atoms with van der Waals surface area (Å²) in [4.78, 5) is 1.16. The molecule has 1 heterocycles. The number of thiophene rings is 1. The molecule has 0 aliphatic carbocycles. The van der Waals surface area contributed by atoms with Gasteiger partial charge in [-0.3, -0.25) is 0 Å². The second-order valence-electron chi connectivity index (χ2n) is 4.78. The maximum Gasteiger partial charge on any atom is 0.279 e. The van der Waals surface area contributed by atoms with Gasteiger partial charge in [0.25, 0.3) is 10.2 Å². The van der Waals surface area contributed by atoms with Crippen LogP contribution in [-0.2, 0) is 16.6 Å². The quantitative estimate of drug-likeness (QED) is 0.562. The van der Waals surface area contributed by atoms with Crippen molar-refractivity contribution in [3.05, 3.63) is 20.8 Å². The summed E-state index contributed by atoms with van der Waals surface area (Å²) in [6, 6.07) is 3.98. The van der Waals surface area contributed by atoms with Crippen LogP contribution in [0.25, 0.3) is 0 Å². The molecule has 5 nitrogen and oxygen atoms in total. The molecule has 0 amide bonds. The van der Waals surface area contributed by atoms with Gasteiger partial charge in [-0.1, -0.05) is 6.92 Å². The summed E-state index contributed by atoms with van der Waals surface area (Å²) >= 11 is 5.03. The Bertz CT molecular complexity index is 505. The molecule has 0 aliphatic rings. The lowest BCUT2D eigenvalue weighted by Crippen LogP contribution is -2.40. The second kappa shape index (κ2) is 9.91. The average molecular weight is 398 g/mol. The fourth-order valence-electron chi connectivity index (χ4n) is 1.75. The minimum atomic E-state index is -3.37. The van der Waals surface area contributed by atoms with Crippen molar-refractivity contribution in [3.8, 4) is 0 Å². The Hall–Kier alpha value is 0.01000. The molecule has 0 saturated carbocycles. The van der Waals surface area contributed by atoms with Crippen molar-refractivity contribution in [3.63, 3.8) is 0 Å². The average Bonchev–Trinajstić information content (AvgIpc) is 2.83. The van der Waals surface area contributed by atoms with Gasteiger partial charge in [0.2, 0.25) is 0 Å². The van der Waals surface area contributed by atoms with Crippen molar-refractivity contribution in [1.29, 1.82) is 0 Å². The number of nitrogens with zero attached hydrogens (tertiary/aromatic N) is 1. The predicted octanol–water partition coefficient (Wildman–Crippen LogP) is 2.21. The summed E-state index contributed by atoms with van der Waals surface area (Å²) in [5.74, 6) is 0. The van der Waals surface area contributed by atoms with Gasteiger partial charge in [0.05, 0.1) is 3.79 Å². The summed E-state index contributed by atoms with van der Waals surface area (Å²) in [6.07, 6.45) is 2.62. The molecular weight excluding hydrogens is 374 g/mol. The Morgan fingerprint density at radius 1 is 1.29 bits per heavy atom. The number of nitrogens with one attached hydrogen (secondary N) is 2. The van der Waals surface area contributed by atoms with Crippen LogP contribution >= 0.6 is 27.3 Å². The second-order valence-corrected chi connectivity index (χ2v) is 9.19. The van der Waals surface area contributed by atoms with Gasteiger partial charge in [-0.15, -0.1) is 11.3 Å². The summed E-state index contributed by atoms with van der Waals surface area (Å²) < 4.78 is 29.2. The first-order chi connectivity index (χ1) is 9.95. The van der Waals surface area contributed by atoms with E-state index in [4.69, 9.17) is 0 Å². The van der Waals surface area contributed by atoms with E-state index in [9.17, 15) is 8.42 Å². The van der Waals surface area contributed by atoms with E-state index >= 15 is 0 Å². The first-order valence-corrected chi connectivity index (χ1v) is 10.2. The summed E-state index contributed by atoms with van der Waals surface area (Å²) in [5.41, 5.74) is 0. The standard InChI is InChI=1S/C13H24BrN3O2S2/c1-3-8-15-9-4-11-17(2)21(18,19)16-10-7-12-5-6-13(14)20-12/h5-6,15-16H,3-4,7-11H2,1-2H3. The highest BCUT2D eigenvalue weighted by molar-refractivity contribution is 9.11. The fourth-order valence-corrected chi connectivity index (χ4v) is 4.18. The number of hydrogen-bond donors (Lipinski definition) is 2. The first-order valence-electron chi connectivity index (χ1n) is 7.11. The number of rotatable bonds is 11. The molecule has 2 N–H and O–H groups in total. The van der Waals surface area contributed by atoms with E-state index in [0.29, 0.717) is 19.5 Å². The van der Waals surface area contributed by atoms with Gasteiger partial charge in [-0.2, -0.15) is 12.7 Å². The van der Waals surface area contributed by atoms with Gasteiger partial charge in [0, 0.05) is 25.0 Å². The van der Waals surface area contributed by atoms with Crippen LogP contribution < -0.4 is 10.0 Å². The van der Waals surface area contributed by atoms with Crippen molar-refractivity contribution < 1.29 is 8.42 Å². The molecule has 0 fully saturated rings. The Balaban J connectivity index is 2.24. The van der Waals surface area contributed by atoms with Crippen LogP contribution in [0.2, 0.25) is 0 Å². The zero-order chi connectivity index (χ0) is 15.7. The van der Waals surface area contributed by atoms with Crippen molar-refractivity contribution in [1.82, 2.24) is 14.3 Å². The maximum atomic E-state index is 12.0. The molecule has 1 rings (SSSR count). The number of halogens is 1. The molecule has 8 heteroatoms. The van der Waals surface area contributed by atoms with Gasteiger partial charge in [-0.25, -0.2) is 4.72 Å². The molecule has 0 radical (unpaired) electrons. The van der Waals surface area contributed by atoms with Crippen LogP contribution in [0.3, 0.4) is 0 Å². The normalized spacial score (nSPS) is 12.2. The maximum absolute atomic E-state index is 12.0. The van der Waals surface area contributed by atoms with Crippen LogP contribution in [0, 0.1) is 0 Å². The van der Waals surface area contributed by atoms with Gasteiger partial charge >= 0.3 is 0 Å². The molecule has 1 aromatic heterocycles. The Kier molecular flexibility index (Phi) is 9.00. The van der Waals surface area contributed by atoms with Crippen molar-refractivity contribution in [2.75, 3.05) is 33.2 Å². The SMILES string of the molecule is CCCNCCCN(C)S(=O)(=O)NCCc1ccc(Br)s1. The Morgan fingerprint density at radius 2 is 2.05 bits per heavy atom. The van der Waals surface area contributed by atoms with E-state index in [1.54, 1.807) is 18.4 Å². The van der Waals surface area contributed by atoms with Crippen molar-refractivity contribution in [2.45, 2.75) is 26.2 Å². The highest BCUT2D eigenvalue weighted by Crippen LogP contribution is 2.22. The smallest absolute Gasteiger partial charge is 0.279 e. The fraction of sp³-hybridized carbons (Fsp3) is 0.692. The molecule has 122 valence electrons. The number of hydrogen-bond acceptors (Lipinski definition) is 4. The molecule has 1 aromatic rings. The van der Waals surface area contributed by atoms with Crippen LogP contribution in [-0.4, -0.2) is 45.9 Å². The topological polar surface area (TPSA) is 61.4 Å². The largest absolute Gasteiger partial charge is 0.317 e. The van der Waals surface area contributed by atoms with E-state index in [1.807, 2.05) is 12.1 Å². The zero-order valence-electron chi connectivity index (χ0n) is 12.6. The predicted molar refractivity (Wildman–Crippen MR) is 93.1 cm³/mol. The third kappa shape index (κ3) is 7.71. The molecule has 21 heavy (non-hydrogen) atoms. The monoisotopic (exact) mass is 397 g/mol. The lowest BCUT2D eigenvalue weighted by atomic mass is 10.3. The summed E-state index contributed by atoms with van der Waals surface area (Å²) in [7, 11) is -1.75. The third-order valence-corrected chi connectivity index (χ3v) is 6.20. The lowest BCUT2D eigenvalue weighted by Gasteiger charge is -2.17. The Morgan fingerprint density at radius 3 is 2.67 bits per heavy atom. The van der Waals surface area contributed by atoms with Crippen LogP contribution in [0.1, 0.15) is 24.6 Å². The molecule has 0 spiro atoms. The van der Waals surface area contributed by atoms with Crippen LogP contribution in [0.15, 0.2) is 15.9 Å². The minimum Gasteiger partial charge on any atom is -0.317 e. The highest BCUT2D eigenvalue weighted by atomic mass is 79.9. The van der Waals surface area contributed by atoms with Gasteiger partial charge in [0.15, 0.2) is 0 Å². The third-order valence-electron chi connectivity index (χ3n) is 2.95. The molecule has 0 atom stereocenters. The van der Waals surface area contributed by atoms with E-state index in [2.05, 4.69) is 32.9 Å². The van der Waals surface area contributed by atoms with Crippen LogP contribution in [0.5, 0.6) is 0 Å². The molecule has 0 aliphatic heterocycles. The Labute approximate surface area is 140 Å². The van der Waals surface area contributed by atoms with E-state index in [-0.39, 0.29) is 0 Å². The summed E-state index contributed by atoms with van der Waals surface area (Å²) in [6.45, 7) is 4.88. The molecule has 0 unspecified atom stereocenters. The molecule has 0 saturated heterocycles. The lowest BCUT2D eigenvalue weighted by molar-refractivity contribution is 0.445. The zero-order valence-corrected chi connectivity index (χ0v) is 15.8. The van der Waals surface area contributed by atoms with E-state index in [1.165, 1.54) is 4.31 Å². The van der Waals surface area contributed by atoms with Gasteiger partial charge in [-0.05, 0) is 60.4 Å². The van der Waals surface area contributed by atoms with Crippen molar-refractivity contribution in [2.24, 2.45) is 0 Å². The van der Waals surface area contributed by atoms with E-state index < -0.39 is 10.2 Å². The molecular formula is C13H24BrN3O2S2. The van der Waals surface area contributed by atoms with Crippen LogP contribution in [0.4, 0.5) is 0 Å². The van der Waals surface area contributed by atoms with E-state index in [0.717, 1.165) is 34.6 Å². The van der Waals surface area contributed by atoms with Gasteiger partial charge in [0.1, 0.15) is 0 Å². The highest BCUT2D eigenvalue weighted by Gasteiger charge is 2.16. The molecule has 0 bridgehead atoms. The summed E-state index contributed by atoms with van der Waals surface area (Å²) in [5, 5.41) is 3.26. The minimum absolute atomic E-state index is 0.424. The van der Waals surface area contributed by atoms with Crippen molar-refractivity contribution >= 4 is 37.5 Å². The van der Waals surface area contributed by atoms with Gasteiger partial charge < -0.3 is 5.32 Å². The molecule has 0 aromatic carbocycles. The first kappa shape index (κ1) is 19.1.